The summed E-state index contributed by atoms with van der Waals surface area (Å²) in [4.78, 5) is 19.2. The largest absolute Gasteiger partial charge is 0.370 e. The summed E-state index contributed by atoms with van der Waals surface area (Å²) in [6.45, 7) is 0. The van der Waals surface area contributed by atoms with E-state index in [4.69, 9.17) is 5.73 Å². The Hall–Kier alpha value is -3.22. The first-order valence-electron chi connectivity index (χ1n) is 6.57. The highest BCUT2D eigenvalue weighted by molar-refractivity contribution is 5.81. The minimum absolute atomic E-state index is 0.00136. The number of rotatable bonds is 3. The van der Waals surface area contributed by atoms with E-state index in [2.05, 4.69) is 15.3 Å². The lowest BCUT2D eigenvalue weighted by Gasteiger charge is -2.30. The van der Waals surface area contributed by atoms with Crippen LogP contribution in [-0.4, -0.2) is 15.9 Å². The summed E-state index contributed by atoms with van der Waals surface area (Å²) in [5.74, 6) is 0.234. The Morgan fingerprint density at radius 2 is 2.05 bits per heavy atom. The molecule has 0 radical (unpaired) electrons. The second kappa shape index (κ2) is 5.28. The topological polar surface area (TPSA) is 106 Å². The van der Waals surface area contributed by atoms with Crippen molar-refractivity contribution < 1.29 is 4.92 Å². The number of hydrogen-bond acceptors (Lipinski definition) is 6. The molecule has 1 aliphatic heterocycles. The average Bonchev–Trinajstić information content (AvgIpc) is 2.55. The van der Waals surface area contributed by atoms with Crippen LogP contribution in [-0.2, 0) is 5.54 Å². The average molecular weight is 295 g/mol. The molecule has 110 valence electrons. The summed E-state index contributed by atoms with van der Waals surface area (Å²) in [7, 11) is 0. The number of hydrogen-bond donors (Lipinski definition) is 2. The molecule has 1 aromatic carbocycles. The number of nitrogens with two attached hydrogens (primary N) is 1. The molecule has 0 amide bonds. The minimum atomic E-state index is -0.935. The second-order valence-corrected chi connectivity index (χ2v) is 4.79. The molecule has 0 fully saturated rings. The molecule has 1 atom stereocenters. The van der Waals surface area contributed by atoms with Crippen molar-refractivity contribution in [2.75, 3.05) is 0 Å². The van der Waals surface area contributed by atoms with E-state index >= 15 is 0 Å². The van der Waals surface area contributed by atoms with Gasteiger partial charge in [0.1, 0.15) is 5.54 Å². The zero-order valence-corrected chi connectivity index (χ0v) is 11.5. The second-order valence-electron chi connectivity index (χ2n) is 4.79. The van der Waals surface area contributed by atoms with Crippen molar-refractivity contribution in [3.8, 4) is 0 Å². The lowest BCUT2D eigenvalue weighted by Crippen LogP contribution is -2.37. The molecular weight excluding hydrogens is 282 g/mol. The number of aliphatic imine (C=N–C) groups is 1. The summed E-state index contributed by atoms with van der Waals surface area (Å²) < 4.78 is 0. The SMILES string of the molecule is NC1=NC(c2cccnc2)(c2cccc([N+](=O)[O-])c2)C=CN1. The van der Waals surface area contributed by atoms with Crippen LogP contribution in [0.3, 0.4) is 0 Å². The number of guanidine groups is 1. The maximum atomic E-state index is 11.0. The highest BCUT2D eigenvalue weighted by Crippen LogP contribution is 2.37. The van der Waals surface area contributed by atoms with E-state index in [1.807, 2.05) is 6.07 Å². The third-order valence-corrected chi connectivity index (χ3v) is 3.45. The molecule has 0 bridgehead atoms. The third kappa shape index (κ3) is 2.28. The number of pyridine rings is 1. The van der Waals surface area contributed by atoms with Gasteiger partial charge in [0, 0.05) is 36.3 Å². The van der Waals surface area contributed by atoms with E-state index in [9.17, 15) is 10.1 Å². The van der Waals surface area contributed by atoms with Crippen molar-refractivity contribution in [1.82, 2.24) is 10.3 Å². The molecule has 1 unspecified atom stereocenters. The van der Waals surface area contributed by atoms with Crippen LogP contribution >= 0.6 is 0 Å². The van der Waals surface area contributed by atoms with Gasteiger partial charge in [0.2, 0.25) is 0 Å². The van der Waals surface area contributed by atoms with Crippen molar-refractivity contribution in [2.45, 2.75) is 5.54 Å². The summed E-state index contributed by atoms with van der Waals surface area (Å²) in [5, 5.41) is 13.9. The molecule has 3 N–H and O–H groups in total. The number of nitrogens with one attached hydrogen (secondary N) is 1. The molecule has 1 aromatic heterocycles. The van der Waals surface area contributed by atoms with Gasteiger partial charge in [-0.3, -0.25) is 15.1 Å². The number of nitrogens with zero attached hydrogens (tertiary/aromatic N) is 3. The Morgan fingerprint density at radius 3 is 2.73 bits per heavy atom. The van der Waals surface area contributed by atoms with Gasteiger partial charge in [0.05, 0.1) is 4.92 Å². The number of nitro benzene ring substituents is 1. The normalized spacial score (nSPS) is 20.1. The third-order valence-electron chi connectivity index (χ3n) is 3.45. The van der Waals surface area contributed by atoms with Crippen molar-refractivity contribution in [3.63, 3.8) is 0 Å². The van der Waals surface area contributed by atoms with Crippen LogP contribution in [0.1, 0.15) is 11.1 Å². The Kier molecular flexibility index (Phi) is 3.30. The molecule has 0 saturated heterocycles. The summed E-state index contributed by atoms with van der Waals surface area (Å²) in [6.07, 6.45) is 6.81. The van der Waals surface area contributed by atoms with Crippen LogP contribution in [0.4, 0.5) is 5.69 Å². The maximum Gasteiger partial charge on any atom is 0.269 e. The van der Waals surface area contributed by atoms with Gasteiger partial charge in [-0.1, -0.05) is 18.2 Å². The lowest BCUT2D eigenvalue weighted by atomic mass is 9.83. The fraction of sp³-hybridized carbons (Fsp3) is 0.0667. The molecule has 1 aliphatic rings. The molecule has 2 heterocycles. The predicted molar refractivity (Wildman–Crippen MR) is 82.0 cm³/mol. The predicted octanol–water partition coefficient (Wildman–Crippen LogP) is 1.67. The number of non-ortho nitro benzene ring substituents is 1. The number of aromatic nitrogens is 1. The fourth-order valence-electron chi connectivity index (χ4n) is 2.44. The summed E-state index contributed by atoms with van der Waals surface area (Å²) >= 11 is 0. The van der Waals surface area contributed by atoms with Gasteiger partial charge in [-0.15, -0.1) is 0 Å². The molecule has 22 heavy (non-hydrogen) atoms. The van der Waals surface area contributed by atoms with Gasteiger partial charge in [-0.2, -0.15) is 0 Å². The molecule has 0 saturated carbocycles. The van der Waals surface area contributed by atoms with E-state index in [0.29, 0.717) is 5.56 Å². The van der Waals surface area contributed by atoms with Gasteiger partial charge in [-0.25, -0.2) is 4.99 Å². The van der Waals surface area contributed by atoms with Crippen LogP contribution in [0.15, 0.2) is 66.1 Å². The van der Waals surface area contributed by atoms with E-state index < -0.39 is 10.5 Å². The standard InChI is InChI=1S/C15H13N5O2/c16-14-18-8-6-15(19-14,12-4-2-7-17-10-12)11-3-1-5-13(9-11)20(21)22/h1-10H,(H3,16,18,19). The first-order valence-corrected chi connectivity index (χ1v) is 6.57. The molecule has 3 rings (SSSR count). The van der Waals surface area contributed by atoms with Gasteiger partial charge >= 0.3 is 0 Å². The Bertz CT molecular complexity index is 773. The van der Waals surface area contributed by atoms with E-state index in [1.165, 1.54) is 12.1 Å². The van der Waals surface area contributed by atoms with Crippen molar-refractivity contribution in [2.24, 2.45) is 10.7 Å². The molecular formula is C15H13N5O2. The summed E-state index contributed by atoms with van der Waals surface area (Å²) in [5.41, 5.74) is 6.31. The first kappa shape index (κ1) is 13.7. The van der Waals surface area contributed by atoms with Gasteiger partial charge in [0.15, 0.2) is 5.96 Å². The van der Waals surface area contributed by atoms with E-state index in [1.54, 1.807) is 42.9 Å². The van der Waals surface area contributed by atoms with E-state index in [-0.39, 0.29) is 11.6 Å². The van der Waals surface area contributed by atoms with Gasteiger partial charge in [0.25, 0.3) is 5.69 Å². The van der Waals surface area contributed by atoms with Crippen LogP contribution in [0, 0.1) is 10.1 Å². The highest BCUT2D eigenvalue weighted by atomic mass is 16.6. The van der Waals surface area contributed by atoms with Crippen LogP contribution < -0.4 is 11.1 Å². The zero-order chi connectivity index (χ0) is 15.6. The zero-order valence-electron chi connectivity index (χ0n) is 11.5. The smallest absolute Gasteiger partial charge is 0.269 e. The molecule has 7 heteroatoms. The van der Waals surface area contributed by atoms with Gasteiger partial charge in [-0.05, 0) is 17.7 Å². The molecule has 2 aromatic rings. The number of benzene rings is 1. The van der Waals surface area contributed by atoms with Crippen LogP contribution in [0.25, 0.3) is 0 Å². The van der Waals surface area contributed by atoms with Crippen molar-refractivity contribution in [3.05, 3.63) is 82.3 Å². The minimum Gasteiger partial charge on any atom is -0.370 e. The van der Waals surface area contributed by atoms with Gasteiger partial charge < -0.3 is 11.1 Å². The highest BCUT2D eigenvalue weighted by Gasteiger charge is 2.34. The van der Waals surface area contributed by atoms with Crippen LogP contribution in [0.2, 0.25) is 0 Å². The van der Waals surface area contributed by atoms with E-state index in [0.717, 1.165) is 5.56 Å². The Morgan fingerprint density at radius 1 is 1.23 bits per heavy atom. The van der Waals surface area contributed by atoms with Crippen LogP contribution in [0.5, 0.6) is 0 Å². The lowest BCUT2D eigenvalue weighted by molar-refractivity contribution is -0.384. The van der Waals surface area contributed by atoms with Crippen molar-refractivity contribution in [1.29, 1.82) is 0 Å². The molecule has 7 nitrogen and oxygen atoms in total. The monoisotopic (exact) mass is 295 g/mol. The van der Waals surface area contributed by atoms with Crippen molar-refractivity contribution >= 4 is 11.6 Å². The number of nitro groups is 1. The maximum absolute atomic E-state index is 11.0. The molecule has 0 spiro atoms. The Balaban J connectivity index is 2.23. The Labute approximate surface area is 126 Å². The summed E-state index contributed by atoms with van der Waals surface area (Å²) in [6, 6.07) is 10.0. The molecule has 0 aliphatic carbocycles. The quantitative estimate of drug-likeness (QED) is 0.661. The fourth-order valence-corrected chi connectivity index (χ4v) is 2.44. The first-order chi connectivity index (χ1) is 10.6.